The highest BCUT2D eigenvalue weighted by Gasteiger charge is 2.10. The molecule has 1 aromatic carbocycles. The van der Waals surface area contributed by atoms with E-state index < -0.39 is 10.0 Å². The normalized spacial score (nSPS) is 11.7. The molecule has 5 heteroatoms. The maximum Gasteiger partial charge on any atom is 0.238 e. The molecule has 84 valence electrons. The molecule has 0 atom stereocenters. The van der Waals surface area contributed by atoms with Crippen LogP contribution in [0.4, 0.5) is 0 Å². The summed E-state index contributed by atoms with van der Waals surface area (Å²) < 4.78 is 22.3. The summed E-state index contributed by atoms with van der Waals surface area (Å²) in [5.74, 6) is 0. The van der Waals surface area contributed by atoms with E-state index in [9.17, 15) is 8.42 Å². The van der Waals surface area contributed by atoms with Crippen molar-refractivity contribution in [2.45, 2.75) is 24.8 Å². The third-order valence-electron chi connectivity index (χ3n) is 2.25. The number of hydrogen-bond donors (Lipinski definition) is 2. The van der Waals surface area contributed by atoms with Gasteiger partial charge in [-0.05, 0) is 36.7 Å². The summed E-state index contributed by atoms with van der Waals surface area (Å²) in [6.07, 6.45) is 0.877. The van der Waals surface area contributed by atoms with Crippen molar-refractivity contribution < 1.29 is 8.42 Å². The minimum Gasteiger partial charge on any atom is -0.316 e. The van der Waals surface area contributed by atoms with Crippen molar-refractivity contribution in [3.8, 4) is 0 Å². The van der Waals surface area contributed by atoms with Gasteiger partial charge in [-0.1, -0.05) is 13.0 Å². The molecule has 0 aliphatic heterocycles. The molecule has 0 unspecified atom stereocenters. The minimum atomic E-state index is -3.60. The van der Waals surface area contributed by atoms with Crippen LogP contribution in [0.3, 0.4) is 0 Å². The molecule has 3 N–H and O–H groups in total. The Bertz CT molecular complexity index is 441. The van der Waals surface area contributed by atoms with Crippen LogP contribution in [0.1, 0.15) is 18.1 Å². The van der Waals surface area contributed by atoms with Crippen molar-refractivity contribution >= 4 is 10.0 Å². The van der Waals surface area contributed by atoms with E-state index in [4.69, 9.17) is 5.14 Å². The molecule has 4 nitrogen and oxygen atoms in total. The summed E-state index contributed by atoms with van der Waals surface area (Å²) in [6.45, 7) is 2.68. The molecule has 0 aliphatic rings. The maximum atomic E-state index is 11.1. The number of rotatable bonds is 4. The first kappa shape index (κ1) is 12.2. The molecule has 0 bridgehead atoms. The Balaban J connectivity index is 3.22. The monoisotopic (exact) mass is 228 g/mol. The number of hydrogen-bond acceptors (Lipinski definition) is 3. The summed E-state index contributed by atoms with van der Waals surface area (Å²) in [5, 5.41) is 8.07. The molecule has 1 rings (SSSR count). The van der Waals surface area contributed by atoms with Gasteiger partial charge < -0.3 is 5.32 Å². The van der Waals surface area contributed by atoms with Gasteiger partial charge in [0.15, 0.2) is 0 Å². The van der Waals surface area contributed by atoms with Gasteiger partial charge in [-0.25, -0.2) is 13.6 Å². The number of nitrogens with two attached hydrogens (primary N) is 1. The molecule has 0 saturated carbocycles. The Kier molecular flexibility index (Phi) is 3.84. The van der Waals surface area contributed by atoms with Crippen molar-refractivity contribution in [1.82, 2.24) is 5.32 Å². The Morgan fingerprint density at radius 1 is 1.33 bits per heavy atom. The van der Waals surface area contributed by atoms with E-state index in [1.54, 1.807) is 12.1 Å². The van der Waals surface area contributed by atoms with Gasteiger partial charge in [0.25, 0.3) is 0 Å². The lowest BCUT2D eigenvalue weighted by molar-refractivity contribution is 0.597. The number of aryl methyl sites for hydroxylation is 1. The third kappa shape index (κ3) is 3.02. The Morgan fingerprint density at radius 2 is 2.00 bits per heavy atom. The summed E-state index contributed by atoms with van der Waals surface area (Å²) >= 11 is 0. The van der Waals surface area contributed by atoms with Crippen LogP contribution in [-0.4, -0.2) is 15.5 Å². The molecule has 0 aliphatic carbocycles. The van der Waals surface area contributed by atoms with E-state index >= 15 is 0 Å². The zero-order valence-corrected chi connectivity index (χ0v) is 9.76. The van der Waals surface area contributed by atoms with Gasteiger partial charge in [0.1, 0.15) is 0 Å². The highest BCUT2D eigenvalue weighted by atomic mass is 32.2. The molecule has 0 saturated heterocycles. The molecule has 0 aromatic heterocycles. The minimum absolute atomic E-state index is 0.171. The van der Waals surface area contributed by atoms with Gasteiger partial charge in [0, 0.05) is 6.54 Å². The zero-order valence-electron chi connectivity index (χ0n) is 8.95. The Labute approximate surface area is 90.5 Å². The van der Waals surface area contributed by atoms with Crippen LogP contribution in [0.2, 0.25) is 0 Å². The molecular weight excluding hydrogens is 212 g/mol. The quantitative estimate of drug-likeness (QED) is 0.793. The molecule has 0 spiro atoms. The fourth-order valence-electron chi connectivity index (χ4n) is 1.48. The standard InChI is InChI=1S/C10H16N2O2S/c1-3-8-4-5-10(15(11,13)14)6-9(8)7-12-2/h4-6,12H,3,7H2,1-2H3,(H2,11,13,14). The predicted molar refractivity (Wildman–Crippen MR) is 60.0 cm³/mol. The summed E-state index contributed by atoms with van der Waals surface area (Å²) in [6, 6.07) is 4.99. The molecule has 0 radical (unpaired) electrons. The second-order valence-electron chi connectivity index (χ2n) is 3.36. The highest BCUT2D eigenvalue weighted by molar-refractivity contribution is 7.89. The summed E-state index contributed by atoms with van der Waals surface area (Å²) in [5.41, 5.74) is 2.11. The SMILES string of the molecule is CCc1ccc(S(N)(=O)=O)cc1CNC. The summed E-state index contributed by atoms with van der Waals surface area (Å²) in [7, 11) is -1.77. The second-order valence-corrected chi connectivity index (χ2v) is 4.92. The van der Waals surface area contributed by atoms with Crippen LogP contribution in [0, 0.1) is 0 Å². The maximum absolute atomic E-state index is 11.1. The largest absolute Gasteiger partial charge is 0.316 e. The van der Waals surface area contributed by atoms with Crippen LogP contribution < -0.4 is 10.5 Å². The van der Waals surface area contributed by atoms with Crippen LogP contribution >= 0.6 is 0 Å². The van der Waals surface area contributed by atoms with Gasteiger partial charge in [-0.3, -0.25) is 0 Å². The number of primary sulfonamides is 1. The fraction of sp³-hybridized carbons (Fsp3) is 0.400. The Hall–Kier alpha value is -0.910. The van der Waals surface area contributed by atoms with Crippen LogP contribution in [0.15, 0.2) is 23.1 Å². The second kappa shape index (κ2) is 4.74. The van der Waals surface area contributed by atoms with Gasteiger partial charge in [0.2, 0.25) is 10.0 Å². The van der Waals surface area contributed by atoms with Crippen molar-refractivity contribution in [3.63, 3.8) is 0 Å². The summed E-state index contributed by atoms with van der Waals surface area (Å²) in [4.78, 5) is 0.171. The molecular formula is C10H16N2O2S. The zero-order chi connectivity index (χ0) is 11.5. The lowest BCUT2D eigenvalue weighted by Gasteiger charge is -2.09. The van der Waals surface area contributed by atoms with Crippen molar-refractivity contribution in [2.75, 3.05) is 7.05 Å². The molecule has 15 heavy (non-hydrogen) atoms. The average Bonchev–Trinajstić information content (AvgIpc) is 2.17. The molecule has 0 heterocycles. The third-order valence-corrected chi connectivity index (χ3v) is 3.17. The van der Waals surface area contributed by atoms with Crippen molar-refractivity contribution in [1.29, 1.82) is 0 Å². The van der Waals surface area contributed by atoms with E-state index in [1.165, 1.54) is 0 Å². The van der Waals surface area contributed by atoms with Gasteiger partial charge in [0.05, 0.1) is 4.90 Å². The smallest absolute Gasteiger partial charge is 0.238 e. The van der Waals surface area contributed by atoms with E-state index in [0.717, 1.165) is 17.5 Å². The number of sulfonamides is 1. The molecule has 1 aromatic rings. The van der Waals surface area contributed by atoms with Gasteiger partial charge >= 0.3 is 0 Å². The lowest BCUT2D eigenvalue weighted by Crippen LogP contribution is -2.14. The number of nitrogens with one attached hydrogen (secondary N) is 1. The predicted octanol–water partition coefficient (Wildman–Crippen LogP) is 0.616. The van der Waals surface area contributed by atoms with Gasteiger partial charge in [-0.15, -0.1) is 0 Å². The van der Waals surface area contributed by atoms with Gasteiger partial charge in [-0.2, -0.15) is 0 Å². The average molecular weight is 228 g/mol. The van der Waals surface area contributed by atoms with E-state index in [2.05, 4.69) is 5.32 Å². The molecule has 0 amide bonds. The first-order valence-electron chi connectivity index (χ1n) is 4.78. The number of benzene rings is 1. The lowest BCUT2D eigenvalue weighted by atomic mass is 10.1. The molecule has 0 fully saturated rings. The van der Waals surface area contributed by atoms with Crippen LogP contribution in [0.25, 0.3) is 0 Å². The highest BCUT2D eigenvalue weighted by Crippen LogP contribution is 2.15. The van der Waals surface area contributed by atoms with E-state index in [1.807, 2.05) is 20.0 Å². The fourth-order valence-corrected chi connectivity index (χ4v) is 2.04. The van der Waals surface area contributed by atoms with Crippen molar-refractivity contribution in [3.05, 3.63) is 29.3 Å². The first-order chi connectivity index (χ1) is 6.99. The van der Waals surface area contributed by atoms with Crippen LogP contribution in [0.5, 0.6) is 0 Å². The van der Waals surface area contributed by atoms with E-state index in [0.29, 0.717) is 6.54 Å². The van der Waals surface area contributed by atoms with Crippen molar-refractivity contribution in [2.24, 2.45) is 5.14 Å². The van der Waals surface area contributed by atoms with E-state index in [-0.39, 0.29) is 4.90 Å². The van der Waals surface area contributed by atoms with Crippen LogP contribution in [-0.2, 0) is 23.0 Å². The Morgan fingerprint density at radius 3 is 2.47 bits per heavy atom. The first-order valence-corrected chi connectivity index (χ1v) is 6.33. The topological polar surface area (TPSA) is 72.2 Å².